The molecule has 10 heavy (non-hydrogen) atoms. The van der Waals surface area contributed by atoms with E-state index in [0.717, 1.165) is 0 Å². The quantitative estimate of drug-likeness (QED) is 0.375. The van der Waals surface area contributed by atoms with E-state index < -0.39 is 0 Å². The summed E-state index contributed by atoms with van der Waals surface area (Å²) in [5.74, 6) is 0. The second-order valence-electron chi connectivity index (χ2n) is 1.49. The van der Waals surface area contributed by atoms with Gasteiger partial charge in [-0.05, 0) is 5.30 Å². The van der Waals surface area contributed by atoms with Gasteiger partial charge in [0.15, 0.2) is 0 Å². The zero-order valence-electron chi connectivity index (χ0n) is 5.28. The summed E-state index contributed by atoms with van der Waals surface area (Å²) in [6.45, 7) is 0. The minimum atomic E-state index is 0.640. The van der Waals surface area contributed by atoms with Crippen LogP contribution in [0.1, 0.15) is 0 Å². The summed E-state index contributed by atoms with van der Waals surface area (Å²) < 4.78 is 0. The van der Waals surface area contributed by atoms with Gasteiger partial charge in [0, 0.05) is 0 Å². The normalized spacial score (nSPS) is 7.50. The molecule has 1 aromatic carbocycles. The maximum absolute atomic E-state index is 8.76. The summed E-state index contributed by atoms with van der Waals surface area (Å²) in [6, 6.07) is 10.1. The summed E-state index contributed by atoms with van der Waals surface area (Å²) in [4.78, 5) is 9.40. The average Bonchev–Trinajstić information content (AvgIpc) is 1.91. The number of hydrogen-bond donors (Lipinski definition) is 0. The van der Waals surface area contributed by atoms with E-state index in [1.165, 1.54) is 5.30 Å². The van der Waals surface area contributed by atoms with E-state index in [1.54, 1.807) is 0 Å². The van der Waals surface area contributed by atoms with Gasteiger partial charge in [-0.15, -0.1) is 9.24 Å². The van der Waals surface area contributed by atoms with Crippen LogP contribution in [0.4, 0.5) is 0 Å². The van der Waals surface area contributed by atoms with Crippen LogP contribution in [0.25, 0.3) is 0 Å². The Kier molecular flexibility index (Phi) is 7.02. The fourth-order valence-corrected chi connectivity index (χ4v) is 0.675. The SMILES string of the molecule is O=[CH][Rh].Pc1ccccc1. The molecule has 0 bridgehead atoms. The van der Waals surface area contributed by atoms with Crippen molar-refractivity contribution >= 4 is 19.4 Å². The van der Waals surface area contributed by atoms with Crippen molar-refractivity contribution in [2.24, 2.45) is 0 Å². The van der Waals surface area contributed by atoms with Crippen molar-refractivity contribution in [3.05, 3.63) is 30.3 Å². The van der Waals surface area contributed by atoms with E-state index in [1.807, 2.05) is 48.6 Å². The third-order valence-electron chi connectivity index (χ3n) is 0.800. The van der Waals surface area contributed by atoms with Gasteiger partial charge in [0.25, 0.3) is 0 Å². The van der Waals surface area contributed by atoms with Gasteiger partial charge < -0.3 is 0 Å². The second-order valence-corrected chi connectivity index (χ2v) is 2.54. The number of hydrogen-bond acceptors (Lipinski definition) is 1. The fraction of sp³-hybridized carbons (Fsp3) is 0. The van der Waals surface area contributed by atoms with Crippen LogP contribution >= 0.6 is 9.24 Å². The van der Waals surface area contributed by atoms with Gasteiger partial charge in [-0.2, -0.15) is 0 Å². The monoisotopic (exact) mass is 242 g/mol. The van der Waals surface area contributed by atoms with Crippen molar-refractivity contribution in [1.82, 2.24) is 0 Å². The first-order chi connectivity index (χ1) is 4.81. The molecule has 0 radical (unpaired) electrons. The zero-order chi connectivity index (χ0) is 7.82. The van der Waals surface area contributed by atoms with Crippen molar-refractivity contribution in [1.29, 1.82) is 0 Å². The first-order valence-corrected chi connectivity index (χ1v) is 4.15. The van der Waals surface area contributed by atoms with Crippen LogP contribution in [0.15, 0.2) is 30.3 Å². The van der Waals surface area contributed by atoms with Crippen LogP contribution in [0.5, 0.6) is 0 Å². The Morgan fingerprint density at radius 1 is 1.30 bits per heavy atom. The van der Waals surface area contributed by atoms with Crippen molar-refractivity contribution < 1.29 is 23.1 Å². The molecule has 1 nitrogen and oxygen atoms in total. The molecule has 0 aliphatic carbocycles. The van der Waals surface area contributed by atoms with Crippen molar-refractivity contribution in [2.45, 2.75) is 0 Å². The summed E-state index contributed by atoms with van der Waals surface area (Å²) >= 11 is 2.04. The third-order valence-corrected chi connectivity index (χ3v) is 1.18. The Morgan fingerprint density at radius 2 is 1.70 bits per heavy atom. The molecule has 1 rings (SSSR count). The average molecular weight is 242 g/mol. The van der Waals surface area contributed by atoms with E-state index in [4.69, 9.17) is 4.79 Å². The number of benzene rings is 1. The van der Waals surface area contributed by atoms with Gasteiger partial charge in [-0.3, -0.25) is 0 Å². The Hall–Kier alpha value is -0.0566. The molecule has 0 saturated heterocycles. The van der Waals surface area contributed by atoms with E-state index in [2.05, 4.69) is 9.24 Å². The molecule has 0 N–H and O–H groups in total. The number of carbonyl (C=O) groups excluding carboxylic acids is 1. The summed E-state index contributed by atoms with van der Waals surface area (Å²) in [5.41, 5.74) is 0. The van der Waals surface area contributed by atoms with Gasteiger partial charge in [0.1, 0.15) is 0 Å². The molecule has 0 heterocycles. The number of carbonyl (C=O) groups is 1. The van der Waals surface area contributed by atoms with Crippen LogP contribution in [0.3, 0.4) is 0 Å². The first kappa shape index (κ1) is 9.94. The molecule has 0 fully saturated rings. The standard InChI is InChI=1S/C6H7P.CHO.Rh/c7-6-4-2-1-3-5-6;1-2;/h1-5H,7H2;1H;. The maximum Gasteiger partial charge on any atom is -0.0303 e. The second kappa shape index (κ2) is 7.06. The molecule has 0 spiro atoms. The summed E-state index contributed by atoms with van der Waals surface area (Å²) in [5, 5.41) is 1.24. The topological polar surface area (TPSA) is 17.1 Å². The minimum Gasteiger partial charge on any atom is -0.106 e. The Morgan fingerprint density at radius 3 is 1.90 bits per heavy atom. The predicted octanol–water partition coefficient (Wildman–Crippen LogP) is 0.910. The van der Waals surface area contributed by atoms with Crippen LogP contribution in [0, 0.1) is 0 Å². The summed E-state index contributed by atoms with van der Waals surface area (Å²) in [7, 11) is 2.63. The van der Waals surface area contributed by atoms with Gasteiger partial charge >= 0.3 is 28.0 Å². The molecular formula is C7H8OPRh. The van der Waals surface area contributed by atoms with Crippen LogP contribution < -0.4 is 5.30 Å². The molecule has 3 heteroatoms. The smallest absolute Gasteiger partial charge is 0.0303 e. The number of rotatable bonds is 0. The molecular weight excluding hydrogens is 234 g/mol. The van der Waals surface area contributed by atoms with Gasteiger partial charge in [0.2, 0.25) is 0 Å². The zero-order valence-corrected chi connectivity index (χ0v) is 8.08. The molecule has 0 aromatic heterocycles. The van der Waals surface area contributed by atoms with E-state index in [9.17, 15) is 0 Å². The first-order valence-electron chi connectivity index (χ1n) is 2.63. The van der Waals surface area contributed by atoms with Crippen LogP contribution in [-0.4, -0.2) is 4.88 Å². The molecule has 56 valence electrons. The van der Waals surface area contributed by atoms with E-state index >= 15 is 0 Å². The van der Waals surface area contributed by atoms with Gasteiger partial charge in [-0.25, -0.2) is 0 Å². The summed E-state index contributed by atoms with van der Waals surface area (Å²) in [6.07, 6.45) is 0. The van der Waals surface area contributed by atoms with Crippen LogP contribution in [-0.2, 0) is 23.1 Å². The Labute approximate surface area is 73.1 Å². The molecule has 1 atom stereocenters. The third kappa shape index (κ3) is 6.07. The fourth-order valence-electron chi connectivity index (χ4n) is 0.453. The molecule has 0 amide bonds. The van der Waals surface area contributed by atoms with Gasteiger partial charge in [-0.1, -0.05) is 30.3 Å². The van der Waals surface area contributed by atoms with Crippen LogP contribution in [0.2, 0.25) is 0 Å². The molecule has 0 saturated carbocycles. The molecule has 1 aromatic rings. The van der Waals surface area contributed by atoms with Crippen molar-refractivity contribution in [2.75, 3.05) is 0 Å². The van der Waals surface area contributed by atoms with Crippen molar-refractivity contribution in [3.63, 3.8) is 0 Å². The minimum absolute atomic E-state index is 0.640. The van der Waals surface area contributed by atoms with Gasteiger partial charge in [0.05, 0.1) is 0 Å². The van der Waals surface area contributed by atoms with Crippen molar-refractivity contribution in [3.8, 4) is 0 Å². The van der Waals surface area contributed by atoms with E-state index in [0.29, 0.717) is 4.88 Å². The Bertz CT molecular complexity index is 176. The maximum atomic E-state index is 8.76. The predicted molar refractivity (Wildman–Crippen MR) is 42.5 cm³/mol. The largest absolute Gasteiger partial charge is 0.106 e. The molecule has 1 unspecified atom stereocenters. The molecule has 0 aliphatic heterocycles. The molecule has 0 aliphatic rings. The Balaban J connectivity index is 0.000000236. The van der Waals surface area contributed by atoms with E-state index in [-0.39, 0.29) is 0 Å².